The van der Waals surface area contributed by atoms with Gasteiger partial charge in [-0.2, -0.15) is 0 Å². The van der Waals surface area contributed by atoms with Crippen LogP contribution in [0, 0.1) is 13.8 Å². The molecule has 0 N–H and O–H groups in total. The first-order valence-corrected chi connectivity index (χ1v) is 5.74. The van der Waals surface area contributed by atoms with E-state index in [0.29, 0.717) is 5.38 Å². The number of aryl methyl sites for hydroxylation is 2. The van der Waals surface area contributed by atoms with Gasteiger partial charge in [0.05, 0.1) is 0 Å². The maximum atomic E-state index is 5.92. The predicted octanol–water partition coefficient (Wildman–Crippen LogP) is 4.25. The predicted molar refractivity (Wildman–Crippen MR) is 64.2 cm³/mol. The van der Waals surface area contributed by atoms with Crippen LogP contribution in [0.15, 0.2) is 18.2 Å². The average molecular weight is 211 g/mol. The molecule has 0 amide bonds. The van der Waals surface area contributed by atoms with E-state index in [2.05, 4.69) is 39.0 Å². The minimum atomic E-state index is 0.305. The zero-order valence-corrected chi connectivity index (χ0v) is 10.1. The molecule has 0 radical (unpaired) electrons. The fraction of sp³-hybridized carbons (Fsp3) is 0.538. The molecule has 0 aliphatic carbocycles. The SMILES string of the molecule is Cc1cccc(C)c1CCCC(C)Cl. The van der Waals surface area contributed by atoms with Gasteiger partial charge < -0.3 is 0 Å². The van der Waals surface area contributed by atoms with E-state index in [9.17, 15) is 0 Å². The van der Waals surface area contributed by atoms with Crippen LogP contribution in [-0.4, -0.2) is 5.38 Å². The van der Waals surface area contributed by atoms with Gasteiger partial charge in [0.25, 0.3) is 0 Å². The van der Waals surface area contributed by atoms with Crippen molar-refractivity contribution in [2.45, 2.75) is 45.4 Å². The van der Waals surface area contributed by atoms with Gasteiger partial charge in [-0.25, -0.2) is 0 Å². The highest BCUT2D eigenvalue weighted by atomic mass is 35.5. The summed E-state index contributed by atoms with van der Waals surface area (Å²) in [5.41, 5.74) is 4.32. The monoisotopic (exact) mass is 210 g/mol. The number of alkyl halides is 1. The first kappa shape index (κ1) is 11.6. The van der Waals surface area contributed by atoms with Crippen LogP contribution < -0.4 is 0 Å². The molecule has 1 aromatic carbocycles. The quantitative estimate of drug-likeness (QED) is 0.652. The maximum absolute atomic E-state index is 5.92. The van der Waals surface area contributed by atoms with Gasteiger partial charge in [0.2, 0.25) is 0 Å². The van der Waals surface area contributed by atoms with E-state index in [1.807, 2.05) is 0 Å². The molecule has 0 aliphatic heterocycles. The van der Waals surface area contributed by atoms with Gasteiger partial charge in [-0.3, -0.25) is 0 Å². The molecule has 0 heterocycles. The number of rotatable bonds is 4. The standard InChI is InChI=1S/C13H19Cl/c1-10-6-4-7-11(2)13(10)9-5-8-12(3)14/h4,6-7,12H,5,8-9H2,1-3H3. The van der Waals surface area contributed by atoms with Gasteiger partial charge in [0.1, 0.15) is 0 Å². The second-order valence-electron chi connectivity index (χ2n) is 4.04. The molecular formula is C13H19Cl. The average Bonchev–Trinajstić information content (AvgIpc) is 2.09. The van der Waals surface area contributed by atoms with Gasteiger partial charge >= 0.3 is 0 Å². The first-order chi connectivity index (χ1) is 6.61. The minimum absolute atomic E-state index is 0.305. The molecule has 14 heavy (non-hydrogen) atoms. The van der Waals surface area contributed by atoms with Crippen LogP contribution in [0.3, 0.4) is 0 Å². The molecule has 78 valence electrons. The zero-order chi connectivity index (χ0) is 10.6. The molecule has 1 heteroatoms. The Morgan fingerprint density at radius 2 is 1.79 bits per heavy atom. The van der Waals surface area contributed by atoms with Crippen molar-refractivity contribution in [3.8, 4) is 0 Å². The number of halogens is 1. The summed E-state index contributed by atoms with van der Waals surface area (Å²) in [5, 5.41) is 0.305. The van der Waals surface area contributed by atoms with Gasteiger partial charge in [-0.15, -0.1) is 11.6 Å². The van der Waals surface area contributed by atoms with E-state index in [4.69, 9.17) is 11.6 Å². The second-order valence-corrected chi connectivity index (χ2v) is 4.79. The van der Waals surface area contributed by atoms with Gasteiger partial charge in [0, 0.05) is 5.38 Å². The third-order valence-electron chi connectivity index (χ3n) is 2.67. The van der Waals surface area contributed by atoms with Gasteiger partial charge in [0.15, 0.2) is 0 Å². The van der Waals surface area contributed by atoms with Gasteiger partial charge in [-0.1, -0.05) is 18.2 Å². The van der Waals surface area contributed by atoms with Gasteiger partial charge in [-0.05, 0) is 56.7 Å². The molecule has 0 saturated carbocycles. The molecule has 0 aromatic heterocycles. The Balaban J connectivity index is 2.58. The Bertz CT molecular complexity index is 269. The highest BCUT2D eigenvalue weighted by molar-refractivity contribution is 6.20. The lowest BCUT2D eigenvalue weighted by atomic mass is 9.97. The summed E-state index contributed by atoms with van der Waals surface area (Å²) >= 11 is 5.92. The second kappa shape index (κ2) is 5.41. The van der Waals surface area contributed by atoms with E-state index >= 15 is 0 Å². The topological polar surface area (TPSA) is 0 Å². The van der Waals surface area contributed by atoms with Crippen molar-refractivity contribution in [1.82, 2.24) is 0 Å². The zero-order valence-electron chi connectivity index (χ0n) is 9.31. The summed E-state index contributed by atoms with van der Waals surface area (Å²) in [6, 6.07) is 6.50. The molecule has 0 spiro atoms. The van der Waals surface area contributed by atoms with Crippen molar-refractivity contribution in [2.75, 3.05) is 0 Å². The van der Waals surface area contributed by atoms with E-state index in [-0.39, 0.29) is 0 Å². The summed E-state index contributed by atoms with van der Waals surface area (Å²) in [7, 11) is 0. The lowest BCUT2D eigenvalue weighted by Gasteiger charge is -2.09. The third kappa shape index (κ3) is 3.34. The van der Waals surface area contributed by atoms with Crippen molar-refractivity contribution in [2.24, 2.45) is 0 Å². The molecule has 0 saturated heterocycles. The van der Waals surface area contributed by atoms with Crippen molar-refractivity contribution in [3.05, 3.63) is 34.9 Å². The fourth-order valence-corrected chi connectivity index (χ4v) is 1.96. The molecular weight excluding hydrogens is 192 g/mol. The van der Waals surface area contributed by atoms with Crippen LogP contribution in [0.5, 0.6) is 0 Å². The van der Waals surface area contributed by atoms with Crippen LogP contribution in [0.2, 0.25) is 0 Å². The minimum Gasteiger partial charge on any atom is -0.123 e. The highest BCUT2D eigenvalue weighted by Crippen LogP contribution is 2.17. The Labute approximate surface area is 92.3 Å². The Morgan fingerprint density at radius 3 is 2.29 bits per heavy atom. The smallest absolute Gasteiger partial charge is 0.0308 e. The van der Waals surface area contributed by atoms with Crippen LogP contribution in [0.1, 0.15) is 36.5 Å². The van der Waals surface area contributed by atoms with Crippen LogP contribution in [0.4, 0.5) is 0 Å². The van der Waals surface area contributed by atoms with E-state index in [1.54, 1.807) is 0 Å². The summed E-state index contributed by atoms with van der Waals surface area (Å²) in [6.45, 7) is 6.44. The van der Waals surface area contributed by atoms with Crippen molar-refractivity contribution in [1.29, 1.82) is 0 Å². The van der Waals surface area contributed by atoms with Crippen molar-refractivity contribution in [3.63, 3.8) is 0 Å². The molecule has 0 aliphatic rings. The van der Waals surface area contributed by atoms with Crippen LogP contribution >= 0.6 is 11.6 Å². The number of benzene rings is 1. The summed E-state index contributed by atoms with van der Waals surface area (Å²) < 4.78 is 0. The van der Waals surface area contributed by atoms with E-state index < -0.39 is 0 Å². The Morgan fingerprint density at radius 1 is 1.21 bits per heavy atom. The molecule has 1 unspecified atom stereocenters. The molecule has 1 aromatic rings. The highest BCUT2D eigenvalue weighted by Gasteiger charge is 2.02. The molecule has 1 rings (SSSR count). The van der Waals surface area contributed by atoms with Crippen LogP contribution in [0.25, 0.3) is 0 Å². The van der Waals surface area contributed by atoms with Crippen molar-refractivity contribution < 1.29 is 0 Å². The summed E-state index contributed by atoms with van der Waals surface area (Å²) in [4.78, 5) is 0. The molecule has 0 nitrogen and oxygen atoms in total. The Kier molecular flexibility index (Phi) is 4.47. The lowest BCUT2D eigenvalue weighted by molar-refractivity contribution is 0.719. The Hall–Kier alpha value is -0.490. The molecule has 0 bridgehead atoms. The summed E-state index contributed by atoms with van der Waals surface area (Å²) in [5.74, 6) is 0. The molecule has 0 fully saturated rings. The van der Waals surface area contributed by atoms with Crippen LogP contribution in [-0.2, 0) is 6.42 Å². The van der Waals surface area contributed by atoms with E-state index in [1.165, 1.54) is 23.1 Å². The van der Waals surface area contributed by atoms with E-state index in [0.717, 1.165) is 12.8 Å². The third-order valence-corrected chi connectivity index (χ3v) is 2.89. The lowest BCUT2D eigenvalue weighted by Crippen LogP contribution is -1.97. The molecule has 1 atom stereocenters. The van der Waals surface area contributed by atoms with Crippen molar-refractivity contribution >= 4 is 11.6 Å². The first-order valence-electron chi connectivity index (χ1n) is 5.30. The number of hydrogen-bond acceptors (Lipinski definition) is 0. The fourth-order valence-electron chi connectivity index (χ4n) is 1.80. The summed E-state index contributed by atoms with van der Waals surface area (Å²) in [6.07, 6.45) is 3.46. The largest absolute Gasteiger partial charge is 0.123 e. The number of hydrogen-bond donors (Lipinski definition) is 0. The normalized spacial score (nSPS) is 12.9. The maximum Gasteiger partial charge on any atom is 0.0308 e.